The van der Waals surface area contributed by atoms with E-state index < -0.39 is 0 Å². The van der Waals surface area contributed by atoms with E-state index in [-0.39, 0.29) is 6.10 Å². The molecular weight excluding hydrogens is 224 g/mol. The van der Waals surface area contributed by atoms with Gasteiger partial charge in [0.15, 0.2) is 0 Å². The number of piperazine rings is 1. The maximum atomic E-state index is 10.2. The number of β-amino-alcohol motifs (C(OH)–C–C–N with tert-alkyl or cyclic N) is 1. The molecule has 1 aliphatic heterocycles. The van der Waals surface area contributed by atoms with E-state index in [0.29, 0.717) is 0 Å². The molecule has 1 atom stereocenters. The van der Waals surface area contributed by atoms with Gasteiger partial charge in [0.25, 0.3) is 0 Å². The topological polar surface area (TPSA) is 26.7 Å². The summed E-state index contributed by atoms with van der Waals surface area (Å²) >= 11 is 0. The van der Waals surface area contributed by atoms with E-state index in [1.165, 1.54) is 13.0 Å². The van der Waals surface area contributed by atoms with Crippen molar-refractivity contribution in [2.75, 3.05) is 39.3 Å². The van der Waals surface area contributed by atoms with E-state index in [1.807, 2.05) is 30.3 Å². The van der Waals surface area contributed by atoms with E-state index in [9.17, 15) is 5.11 Å². The average Bonchev–Trinajstić information content (AvgIpc) is 2.42. The molecule has 1 aromatic rings. The van der Waals surface area contributed by atoms with Crippen LogP contribution in [0.15, 0.2) is 30.3 Å². The van der Waals surface area contributed by atoms with Crippen molar-refractivity contribution in [2.45, 2.75) is 19.4 Å². The molecule has 0 aromatic heterocycles. The smallest absolute Gasteiger partial charge is 0.0916 e. The molecule has 1 N–H and O–H groups in total. The van der Waals surface area contributed by atoms with Crippen molar-refractivity contribution in [1.29, 1.82) is 0 Å². The zero-order valence-corrected chi connectivity index (χ0v) is 11.3. The Labute approximate surface area is 110 Å². The molecule has 1 fully saturated rings. The zero-order chi connectivity index (χ0) is 12.8. The van der Waals surface area contributed by atoms with Crippen LogP contribution in [-0.2, 0) is 0 Å². The highest BCUT2D eigenvalue weighted by Gasteiger charge is 2.19. The minimum atomic E-state index is -0.357. The molecular formula is C15H24N2O. The zero-order valence-electron chi connectivity index (χ0n) is 11.3. The van der Waals surface area contributed by atoms with Gasteiger partial charge in [-0.15, -0.1) is 0 Å². The van der Waals surface area contributed by atoms with Crippen LogP contribution in [0, 0.1) is 0 Å². The molecule has 100 valence electrons. The summed E-state index contributed by atoms with van der Waals surface area (Å²) in [5.41, 5.74) is 1.02. The molecule has 0 aliphatic carbocycles. The van der Waals surface area contributed by atoms with Crippen molar-refractivity contribution in [3.05, 3.63) is 35.9 Å². The summed E-state index contributed by atoms with van der Waals surface area (Å²) in [6.45, 7) is 8.60. The number of aliphatic hydroxyl groups excluding tert-OH is 1. The fraction of sp³-hybridized carbons (Fsp3) is 0.600. The van der Waals surface area contributed by atoms with Crippen LogP contribution in [-0.4, -0.2) is 54.2 Å². The number of hydrogen-bond donors (Lipinski definition) is 1. The van der Waals surface area contributed by atoms with Crippen LogP contribution in [0.5, 0.6) is 0 Å². The molecule has 1 heterocycles. The van der Waals surface area contributed by atoms with E-state index in [0.717, 1.165) is 38.3 Å². The predicted molar refractivity (Wildman–Crippen MR) is 74.6 cm³/mol. The molecule has 0 unspecified atom stereocenters. The highest BCUT2D eigenvalue weighted by atomic mass is 16.3. The van der Waals surface area contributed by atoms with Crippen LogP contribution in [0.2, 0.25) is 0 Å². The third-order valence-corrected chi connectivity index (χ3v) is 3.62. The van der Waals surface area contributed by atoms with Crippen LogP contribution < -0.4 is 0 Å². The molecule has 1 aliphatic rings. The van der Waals surface area contributed by atoms with Gasteiger partial charge in [-0.25, -0.2) is 0 Å². The van der Waals surface area contributed by atoms with Gasteiger partial charge in [0.1, 0.15) is 0 Å². The lowest BCUT2D eigenvalue weighted by molar-refractivity contribution is 0.0726. The van der Waals surface area contributed by atoms with Gasteiger partial charge in [0.2, 0.25) is 0 Å². The number of nitrogens with zero attached hydrogens (tertiary/aromatic N) is 2. The Kier molecular flexibility index (Phi) is 5.17. The number of aliphatic hydroxyl groups is 1. The standard InChI is InChI=1S/C15H24N2O/c1-2-8-16-9-11-17(12-10-16)13-15(18)14-6-4-3-5-7-14/h3-7,15,18H,2,8-13H2,1H3/t15-/m0/s1. The first-order chi connectivity index (χ1) is 8.79. The first-order valence-corrected chi connectivity index (χ1v) is 6.97. The predicted octanol–water partition coefficient (Wildman–Crippen LogP) is 1.75. The Morgan fingerprint density at radius 1 is 1.06 bits per heavy atom. The second kappa shape index (κ2) is 6.88. The van der Waals surface area contributed by atoms with Gasteiger partial charge in [0.05, 0.1) is 6.10 Å². The minimum Gasteiger partial charge on any atom is -0.387 e. The van der Waals surface area contributed by atoms with Gasteiger partial charge in [-0.1, -0.05) is 37.3 Å². The van der Waals surface area contributed by atoms with Gasteiger partial charge < -0.3 is 10.0 Å². The molecule has 0 saturated carbocycles. The van der Waals surface area contributed by atoms with Crippen molar-refractivity contribution >= 4 is 0 Å². The lowest BCUT2D eigenvalue weighted by atomic mass is 10.1. The Bertz CT molecular complexity index is 334. The molecule has 1 saturated heterocycles. The molecule has 3 nitrogen and oxygen atoms in total. The summed E-state index contributed by atoms with van der Waals surface area (Å²) in [5.74, 6) is 0. The lowest BCUT2D eigenvalue weighted by Crippen LogP contribution is -2.47. The van der Waals surface area contributed by atoms with E-state index in [1.54, 1.807) is 0 Å². The molecule has 2 rings (SSSR count). The largest absolute Gasteiger partial charge is 0.387 e. The van der Waals surface area contributed by atoms with Crippen LogP contribution in [0.25, 0.3) is 0 Å². The van der Waals surface area contributed by atoms with Crippen molar-refractivity contribution in [3.8, 4) is 0 Å². The number of benzene rings is 1. The molecule has 0 radical (unpaired) electrons. The molecule has 0 amide bonds. The van der Waals surface area contributed by atoms with E-state index in [4.69, 9.17) is 0 Å². The van der Waals surface area contributed by atoms with Crippen LogP contribution in [0.1, 0.15) is 25.0 Å². The molecule has 0 spiro atoms. The SMILES string of the molecule is CCCN1CCN(C[C@H](O)c2ccccc2)CC1. The van der Waals surface area contributed by atoms with Gasteiger partial charge >= 0.3 is 0 Å². The Morgan fingerprint density at radius 2 is 1.67 bits per heavy atom. The highest BCUT2D eigenvalue weighted by Crippen LogP contribution is 2.14. The van der Waals surface area contributed by atoms with Crippen molar-refractivity contribution in [2.24, 2.45) is 0 Å². The quantitative estimate of drug-likeness (QED) is 0.860. The second-order valence-corrected chi connectivity index (χ2v) is 5.07. The second-order valence-electron chi connectivity index (χ2n) is 5.07. The van der Waals surface area contributed by atoms with Gasteiger partial charge in [-0.2, -0.15) is 0 Å². The van der Waals surface area contributed by atoms with Gasteiger partial charge in [0, 0.05) is 32.7 Å². The van der Waals surface area contributed by atoms with Crippen molar-refractivity contribution in [3.63, 3.8) is 0 Å². The first-order valence-electron chi connectivity index (χ1n) is 6.97. The highest BCUT2D eigenvalue weighted by molar-refractivity contribution is 5.17. The molecule has 0 bridgehead atoms. The average molecular weight is 248 g/mol. The molecule has 1 aromatic carbocycles. The summed E-state index contributed by atoms with van der Waals surface area (Å²) in [6.07, 6.45) is 0.871. The van der Waals surface area contributed by atoms with E-state index >= 15 is 0 Å². The number of hydrogen-bond acceptors (Lipinski definition) is 3. The summed E-state index contributed by atoms with van der Waals surface area (Å²) in [4.78, 5) is 4.87. The van der Waals surface area contributed by atoms with Crippen molar-refractivity contribution < 1.29 is 5.11 Å². The summed E-state index contributed by atoms with van der Waals surface area (Å²) in [6, 6.07) is 9.95. The molecule has 18 heavy (non-hydrogen) atoms. The minimum absolute atomic E-state index is 0.357. The normalized spacial score (nSPS) is 19.9. The molecule has 3 heteroatoms. The summed E-state index contributed by atoms with van der Waals surface area (Å²) in [5, 5.41) is 10.2. The van der Waals surface area contributed by atoms with E-state index in [2.05, 4.69) is 16.7 Å². The van der Waals surface area contributed by atoms with Crippen LogP contribution in [0.4, 0.5) is 0 Å². The van der Waals surface area contributed by atoms with Crippen molar-refractivity contribution in [1.82, 2.24) is 9.80 Å². The van der Waals surface area contributed by atoms with Gasteiger partial charge in [-0.3, -0.25) is 4.90 Å². The maximum Gasteiger partial charge on any atom is 0.0916 e. The number of rotatable bonds is 5. The third-order valence-electron chi connectivity index (χ3n) is 3.62. The fourth-order valence-electron chi connectivity index (χ4n) is 2.54. The van der Waals surface area contributed by atoms with Crippen LogP contribution in [0.3, 0.4) is 0 Å². The first kappa shape index (κ1) is 13.5. The lowest BCUT2D eigenvalue weighted by Gasteiger charge is -2.35. The van der Waals surface area contributed by atoms with Crippen LogP contribution >= 0.6 is 0 Å². The maximum absolute atomic E-state index is 10.2. The fourth-order valence-corrected chi connectivity index (χ4v) is 2.54. The Morgan fingerprint density at radius 3 is 2.28 bits per heavy atom. The third kappa shape index (κ3) is 3.80. The summed E-state index contributed by atoms with van der Waals surface area (Å²) in [7, 11) is 0. The van der Waals surface area contributed by atoms with Gasteiger partial charge in [-0.05, 0) is 18.5 Å². The Balaban J connectivity index is 1.78. The summed E-state index contributed by atoms with van der Waals surface area (Å²) < 4.78 is 0. The monoisotopic (exact) mass is 248 g/mol. The Hall–Kier alpha value is -0.900.